The van der Waals surface area contributed by atoms with Gasteiger partial charge >= 0.3 is 5.97 Å². The van der Waals surface area contributed by atoms with Gasteiger partial charge in [0.15, 0.2) is 0 Å². The van der Waals surface area contributed by atoms with Crippen molar-refractivity contribution < 1.29 is 9.53 Å². The van der Waals surface area contributed by atoms with Gasteiger partial charge in [-0.2, -0.15) is 0 Å². The molecule has 0 aliphatic carbocycles. The van der Waals surface area contributed by atoms with Crippen LogP contribution in [0.2, 0.25) is 0 Å². The molecule has 1 atom stereocenters. The smallest absolute Gasteiger partial charge is 0.322 e. The molecule has 0 radical (unpaired) electrons. The molecule has 0 amide bonds. The lowest BCUT2D eigenvalue weighted by Crippen LogP contribution is -2.36. The quantitative estimate of drug-likeness (QED) is 0.618. The van der Waals surface area contributed by atoms with E-state index in [2.05, 4.69) is 4.74 Å². The van der Waals surface area contributed by atoms with E-state index in [9.17, 15) is 4.79 Å². The lowest BCUT2D eigenvalue weighted by atomic mass is 10.1. The maximum atomic E-state index is 10.6. The Kier molecular flexibility index (Phi) is 8.94. The van der Waals surface area contributed by atoms with Gasteiger partial charge in [0.25, 0.3) is 0 Å². The van der Waals surface area contributed by atoms with Gasteiger partial charge in [-0.05, 0) is 5.92 Å². The molecule has 2 N–H and O–H groups in total. The van der Waals surface area contributed by atoms with Crippen LogP contribution in [0.15, 0.2) is 0 Å². The second-order valence-corrected chi connectivity index (χ2v) is 2.29. The summed E-state index contributed by atoms with van der Waals surface area (Å²) in [6.45, 7) is 7.75. The van der Waals surface area contributed by atoms with Crippen molar-refractivity contribution in [2.75, 3.05) is 7.11 Å². The third-order valence-electron chi connectivity index (χ3n) is 1.19. The Labute approximate surface area is 68.9 Å². The molecule has 0 fully saturated rings. The van der Waals surface area contributed by atoms with Crippen LogP contribution in [0.5, 0.6) is 0 Å². The third kappa shape index (κ3) is 5.85. The minimum Gasteiger partial charge on any atom is -0.468 e. The number of methoxy groups -OCH3 is 1. The Morgan fingerprint density at radius 1 is 1.36 bits per heavy atom. The first-order valence-electron chi connectivity index (χ1n) is 3.93. The van der Waals surface area contributed by atoms with Crippen molar-refractivity contribution in [3.63, 3.8) is 0 Å². The number of carbonyl (C=O) groups is 1. The molecule has 0 aromatic heterocycles. The first-order chi connectivity index (χ1) is 5.09. The van der Waals surface area contributed by atoms with E-state index in [4.69, 9.17) is 5.73 Å². The number of rotatable bonds is 2. The van der Waals surface area contributed by atoms with Gasteiger partial charge in [0.1, 0.15) is 6.04 Å². The number of hydrogen-bond acceptors (Lipinski definition) is 3. The fourth-order valence-corrected chi connectivity index (χ4v) is 0.408. The minimum absolute atomic E-state index is 0.150. The molecule has 0 spiro atoms. The van der Waals surface area contributed by atoms with Crippen molar-refractivity contribution in [3.8, 4) is 0 Å². The van der Waals surface area contributed by atoms with Crippen molar-refractivity contribution in [2.24, 2.45) is 11.7 Å². The summed E-state index contributed by atoms with van der Waals surface area (Å²) in [4.78, 5) is 10.6. The van der Waals surface area contributed by atoms with Crippen LogP contribution in [0.3, 0.4) is 0 Å². The summed E-state index contributed by atoms with van der Waals surface area (Å²) in [6, 6.07) is -0.477. The maximum Gasteiger partial charge on any atom is 0.322 e. The molecule has 3 heteroatoms. The van der Waals surface area contributed by atoms with E-state index in [1.165, 1.54) is 7.11 Å². The molecule has 11 heavy (non-hydrogen) atoms. The van der Waals surface area contributed by atoms with Crippen LogP contribution in [-0.4, -0.2) is 19.1 Å². The van der Waals surface area contributed by atoms with Gasteiger partial charge in [0, 0.05) is 0 Å². The number of carbonyl (C=O) groups excluding carboxylic acids is 1. The van der Waals surface area contributed by atoms with E-state index in [-0.39, 0.29) is 11.9 Å². The number of nitrogens with two attached hydrogens (primary N) is 1. The SMILES string of the molecule is CC.COC(=O)[C@@H](N)C(C)C. The lowest BCUT2D eigenvalue weighted by molar-refractivity contribution is -0.143. The Hall–Kier alpha value is -0.570. The summed E-state index contributed by atoms with van der Waals surface area (Å²) in [6.07, 6.45) is 0. The molecule has 0 bridgehead atoms. The van der Waals surface area contributed by atoms with E-state index in [0.717, 1.165) is 0 Å². The monoisotopic (exact) mass is 161 g/mol. The van der Waals surface area contributed by atoms with Crippen molar-refractivity contribution in [1.82, 2.24) is 0 Å². The number of hydrogen-bond donors (Lipinski definition) is 1. The molecule has 3 nitrogen and oxygen atoms in total. The van der Waals surface area contributed by atoms with Gasteiger partial charge in [-0.15, -0.1) is 0 Å². The van der Waals surface area contributed by atoms with Crippen LogP contribution in [0.25, 0.3) is 0 Å². The maximum absolute atomic E-state index is 10.6. The van der Waals surface area contributed by atoms with Crippen LogP contribution in [-0.2, 0) is 9.53 Å². The number of ether oxygens (including phenoxy) is 1. The highest BCUT2D eigenvalue weighted by Crippen LogP contribution is 1.98. The highest BCUT2D eigenvalue weighted by Gasteiger charge is 2.16. The largest absolute Gasteiger partial charge is 0.468 e. The highest BCUT2D eigenvalue weighted by atomic mass is 16.5. The van der Waals surface area contributed by atoms with Crippen molar-refractivity contribution in [3.05, 3.63) is 0 Å². The molecule has 0 aliphatic rings. The second-order valence-electron chi connectivity index (χ2n) is 2.29. The molecule has 0 aromatic carbocycles. The summed E-state index contributed by atoms with van der Waals surface area (Å²) in [7, 11) is 1.34. The van der Waals surface area contributed by atoms with Crippen LogP contribution < -0.4 is 5.73 Å². The van der Waals surface area contributed by atoms with Crippen molar-refractivity contribution in [1.29, 1.82) is 0 Å². The summed E-state index contributed by atoms with van der Waals surface area (Å²) >= 11 is 0. The minimum atomic E-state index is -0.477. The molecule has 0 saturated heterocycles. The van der Waals surface area contributed by atoms with Crippen LogP contribution in [0.4, 0.5) is 0 Å². The van der Waals surface area contributed by atoms with Crippen LogP contribution in [0, 0.1) is 5.92 Å². The fraction of sp³-hybridized carbons (Fsp3) is 0.875. The van der Waals surface area contributed by atoms with Gasteiger partial charge in [-0.3, -0.25) is 4.79 Å². The van der Waals surface area contributed by atoms with E-state index in [0.29, 0.717) is 0 Å². The molecule has 0 aromatic rings. The topological polar surface area (TPSA) is 52.3 Å². The molecule has 0 unspecified atom stereocenters. The normalized spacial score (nSPS) is 11.5. The van der Waals surface area contributed by atoms with Gasteiger partial charge in [0.2, 0.25) is 0 Å². The van der Waals surface area contributed by atoms with Gasteiger partial charge in [0.05, 0.1) is 7.11 Å². The summed E-state index contributed by atoms with van der Waals surface area (Å²) in [5, 5.41) is 0. The summed E-state index contributed by atoms with van der Waals surface area (Å²) in [5.41, 5.74) is 5.40. The summed E-state index contributed by atoms with van der Waals surface area (Å²) in [5.74, 6) is -0.192. The fourth-order valence-electron chi connectivity index (χ4n) is 0.408. The first kappa shape index (κ1) is 13.1. The Morgan fingerprint density at radius 2 is 1.73 bits per heavy atom. The second kappa shape index (κ2) is 7.54. The van der Waals surface area contributed by atoms with Gasteiger partial charge in [-0.1, -0.05) is 27.7 Å². The lowest BCUT2D eigenvalue weighted by Gasteiger charge is -2.11. The zero-order valence-corrected chi connectivity index (χ0v) is 8.05. The van der Waals surface area contributed by atoms with E-state index in [1.54, 1.807) is 0 Å². The molecule has 0 rings (SSSR count). The van der Waals surface area contributed by atoms with E-state index in [1.807, 2.05) is 27.7 Å². The third-order valence-corrected chi connectivity index (χ3v) is 1.19. The van der Waals surface area contributed by atoms with E-state index >= 15 is 0 Å². The number of esters is 1. The molecular weight excluding hydrogens is 142 g/mol. The van der Waals surface area contributed by atoms with E-state index < -0.39 is 6.04 Å². The summed E-state index contributed by atoms with van der Waals surface area (Å²) < 4.78 is 4.41. The molecule has 68 valence electrons. The molecule has 0 heterocycles. The average molecular weight is 161 g/mol. The van der Waals surface area contributed by atoms with Gasteiger partial charge in [-0.25, -0.2) is 0 Å². The highest BCUT2D eigenvalue weighted by molar-refractivity contribution is 5.75. The Bertz CT molecular complexity index is 102. The zero-order chi connectivity index (χ0) is 9.44. The first-order valence-corrected chi connectivity index (χ1v) is 3.93. The predicted octanol–water partition coefficient (Wildman–Crippen LogP) is 1.17. The predicted molar refractivity (Wildman–Crippen MR) is 46.2 cm³/mol. The molecular formula is C8H19NO2. The zero-order valence-electron chi connectivity index (χ0n) is 8.05. The van der Waals surface area contributed by atoms with Crippen LogP contribution in [0.1, 0.15) is 27.7 Å². The van der Waals surface area contributed by atoms with Crippen molar-refractivity contribution in [2.45, 2.75) is 33.7 Å². The molecule has 0 aliphatic heterocycles. The standard InChI is InChI=1S/C6H13NO2.C2H6/c1-4(2)5(7)6(8)9-3;1-2/h4-5H,7H2,1-3H3;1-2H3/t5-;/m0./s1. The average Bonchev–Trinajstić information content (AvgIpc) is 2.05. The van der Waals surface area contributed by atoms with Gasteiger partial charge < -0.3 is 10.5 Å². The Morgan fingerprint density at radius 3 is 1.82 bits per heavy atom. The van der Waals surface area contributed by atoms with Crippen molar-refractivity contribution >= 4 is 5.97 Å². The molecule has 0 saturated carbocycles. The Balaban J connectivity index is 0. The van der Waals surface area contributed by atoms with Crippen LogP contribution >= 0.6 is 0 Å².